The van der Waals surface area contributed by atoms with E-state index in [2.05, 4.69) is 5.32 Å². The summed E-state index contributed by atoms with van der Waals surface area (Å²) in [4.78, 5) is 28.9. The van der Waals surface area contributed by atoms with Crippen LogP contribution in [-0.4, -0.2) is 42.5 Å². The Kier molecular flexibility index (Phi) is 11.2. The van der Waals surface area contributed by atoms with E-state index in [1.807, 2.05) is 100 Å². The molecule has 3 aromatic carbocycles. The van der Waals surface area contributed by atoms with Crippen LogP contribution in [0.5, 0.6) is 11.5 Å². The highest BCUT2D eigenvalue weighted by molar-refractivity contribution is 5.88. The minimum absolute atomic E-state index is 0.0627. The topological polar surface area (TPSA) is 67.9 Å². The van der Waals surface area contributed by atoms with E-state index in [4.69, 9.17) is 9.47 Å². The summed E-state index contributed by atoms with van der Waals surface area (Å²) in [7, 11) is 0. The molecule has 6 nitrogen and oxygen atoms in total. The molecule has 0 aliphatic heterocycles. The Morgan fingerprint density at radius 1 is 0.842 bits per heavy atom. The van der Waals surface area contributed by atoms with Crippen molar-refractivity contribution in [3.8, 4) is 11.5 Å². The third-order valence-electron chi connectivity index (χ3n) is 6.46. The Balaban J connectivity index is 1.88. The number of amides is 2. The lowest BCUT2D eigenvalue weighted by atomic mass is 10.0. The van der Waals surface area contributed by atoms with Gasteiger partial charge in [-0.25, -0.2) is 0 Å². The molecule has 0 radical (unpaired) electrons. The van der Waals surface area contributed by atoms with Crippen molar-refractivity contribution in [3.63, 3.8) is 0 Å². The Morgan fingerprint density at radius 3 is 2.21 bits per heavy atom. The smallest absolute Gasteiger partial charge is 0.243 e. The van der Waals surface area contributed by atoms with Gasteiger partial charge in [0.05, 0.1) is 13.2 Å². The van der Waals surface area contributed by atoms with Crippen molar-refractivity contribution in [3.05, 3.63) is 95.1 Å². The second-order valence-electron chi connectivity index (χ2n) is 9.20. The minimum atomic E-state index is -0.622. The van der Waals surface area contributed by atoms with E-state index in [0.29, 0.717) is 50.6 Å². The van der Waals surface area contributed by atoms with Gasteiger partial charge in [-0.05, 0) is 68.5 Å². The van der Waals surface area contributed by atoms with E-state index < -0.39 is 6.04 Å². The Morgan fingerprint density at radius 2 is 1.53 bits per heavy atom. The lowest BCUT2D eigenvalue weighted by Gasteiger charge is -2.32. The molecule has 0 unspecified atom stereocenters. The molecule has 0 spiro atoms. The predicted molar refractivity (Wildman–Crippen MR) is 151 cm³/mol. The molecule has 38 heavy (non-hydrogen) atoms. The molecule has 1 N–H and O–H groups in total. The number of benzene rings is 3. The van der Waals surface area contributed by atoms with E-state index in [1.54, 1.807) is 4.90 Å². The van der Waals surface area contributed by atoms with Crippen LogP contribution in [-0.2, 0) is 29.0 Å². The lowest BCUT2D eigenvalue weighted by molar-refractivity contribution is -0.141. The van der Waals surface area contributed by atoms with E-state index in [1.165, 1.54) is 0 Å². The van der Waals surface area contributed by atoms with Gasteiger partial charge in [0.25, 0.3) is 0 Å². The van der Waals surface area contributed by atoms with Gasteiger partial charge in [0, 0.05) is 25.9 Å². The summed E-state index contributed by atoms with van der Waals surface area (Å²) < 4.78 is 11.4. The molecular formula is C32H40N2O4. The van der Waals surface area contributed by atoms with Gasteiger partial charge >= 0.3 is 0 Å². The first kappa shape index (κ1) is 28.8. The van der Waals surface area contributed by atoms with E-state index in [0.717, 1.165) is 22.3 Å². The molecule has 0 saturated carbocycles. The maximum atomic E-state index is 13.8. The molecule has 1 atom stereocenters. The van der Waals surface area contributed by atoms with Crippen LogP contribution in [0.4, 0.5) is 0 Å². The van der Waals surface area contributed by atoms with Crippen LogP contribution in [0.15, 0.2) is 72.8 Å². The number of hydrogen-bond donors (Lipinski definition) is 1. The van der Waals surface area contributed by atoms with Crippen molar-refractivity contribution in [1.82, 2.24) is 10.2 Å². The molecular weight excluding hydrogens is 476 g/mol. The zero-order chi connectivity index (χ0) is 27.3. The van der Waals surface area contributed by atoms with Gasteiger partial charge in [-0.3, -0.25) is 9.59 Å². The highest BCUT2D eigenvalue weighted by Gasteiger charge is 2.30. The van der Waals surface area contributed by atoms with Gasteiger partial charge in [-0.2, -0.15) is 0 Å². The summed E-state index contributed by atoms with van der Waals surface area (Å²) in [5, 5.41) is 2.95. The molecule has 2 amide bonds. The predicted octanol–water partition coefficient (Wildman–Crippen LogP) is 5.50. The zero-order valence-electron chi connectivity index (χ0n) is 23.0. The summed E-state index contributed by atoms with van der Waals surface area (Å²) in [6.07, 6.45) is 1.25. The second kappa shape index (κ2) is 14.8. The van der Waals surface area contributed by atoms with Crippen molar-refractivity contribution in [2.45, 2.75) is 59.5 Å². The lowest BCUT2D eigenvalue weighted by Crippen LogP contribution is -2.50. The molecule has 6 heteroatoms. The van der Waals surface area contributed by atoms with Crippen LogP contribution in [0.1, 0.15) is 49.4 Å². The van der Waals surface area contributed by atoms with Crippen LogP contribution in [0, 0.1) is 6.92 Å². The highest BCUT2D eigenvalue weighted by atomic mass is 16.5. The number of carbonyl (C=O) groups is 2. The fourth-order valence-electron chi connectivity index (χ4n) is 4.46. The first-order chi connectivity index (χ1) is 18.5. The fourth-order valence-corrected chi connectivity index (χ4v) is 4.46. The van der Waals surface area contributed by atoms with Crippen molar-refractivity contribution in [2.24, 2.45) is 0 Å². The molecule has 202 valence electrons. The molecule has 0 bridgehead atoms. The van der Waals surface area contributed by atoms with E-state index >= 15 is 0 Å². The molecule has 0 aromatic heterocycles. The minimum Gasteiger partial charge on any atom is -0.490 e. The normalized spacial score (nSPS) is 11.5. The number of hydrogen-bond acceptors (Lipinski definition) is 4. The second-order valence-corrected chi connectivity index (χ2v) is 9.20. The first-order valence-corrected chi connectivity index (χ1v) is 13.5. The quantitative estimate of drug-likeness (QED) is 0.307. The van der Waals surface area contributed by atoms with Crippen LogP contribution >= 0.6 is 0 Å². The van der Waals surface area contributed by atoms with Gasteiger partial charge in [-0.15, -0.1) is 0 Å². The molecule has 3 rings (SSSR count). The van der Waals surface area contributed by atoms with Crippen molar-refractivity contribution < 1.29 is 19.1 Å². The molecule has 3 aromatic rings. The molecule has 0 heterocycles. The standard InChI is InChI=1S/C32H40N2O4/c1-5-33-32(36)28(21-25-14-9-8-10-15-25)34(23-27-16-12-11-13-24(27)4)31(35)20-18-26-17-19-29(37-6-2)30(22-26)38-7-3/h8-17,19,22,28H,5-7,18,20-21,23H2,1-4H3,(H,33,36)/t28-/m1/s1. The third-order valence-corrected chi connectivity index (χ3v) is 6.46. The molecule has 0 saturated heterocycles. The van der Waals surface area contributed by atoms with Gasteiger partial charge in [0.1, 0.15) is 6.04 Å². The number of likely N-dealkylation sites (N-methyl/N-ethyl adjacent to an activating group) is 1. The summed E-state index contributed by atoms with van der Waals surface area (Å²) in [5.41, 5.74) is 4.12. The SMILES string of the molecule is CCNC(=O)[C@@H](Cc1ccccc1)N(Cc1ccccc1C)C(=O)CCc1ccc(OCC)c(OCC)c1. The van der Waals surface area contributed by atoms with Gasteiger partial charge in [0.15, 0.2) is 11.5 Å². The molecule has 0 fully saturated rings. The largest absolute Gasteiger partial charge is 0.490 e. The number of aryl methyl sites for hydroxylation is 2. The van der Waals surface area contributed by atoms with E-state index in [9.17, 15) is 9.59 Å². The maximum absolute atomic E-state index is 13.8. The van der Waals surface area contributed by atoms with Crippen molar-refractivity contribution in [2.75, 3.05) is 19.8 Å². The van der Waals surface area contributed by atoms with Crippen LogP contribution < -0.4 is 14.8 Å². The summed E-state index contributed by atoms with van der Waals surface area (Å²) in [6.45, 7) is 9.75. The van der Waals surface area contributed by atoms with Crippen LogP contribution in [0.2, 0.25) is 0 Å². The summed E-state index contributed by atoms with van der Waals surface area (Å²) in [6, 6.07) is 23.1. The zero-order valence-corrected chi connectivity index (χ0v) is 23.0. The number of rotatable bonds is 14. The monoisotopic (exact) mass is 516 g/mol. The van der Waals surface area contributed by atoms with Crippen molar-refractivity contribution in [1.29, 1.82) is 0 Å². The van der Waals surface area contributed by atoms with E-state index in [-0.39, 0.29) is 18.2 Å². The van der Waals surface area contributed by atoms with Crippen LogP contribution in [0.3, 0.4) is 0 Å². The highest BCUT2D eigenvalue weighted by Crippen LogP contribution is 2.29. The fraction of sp³-hybridized carbons (Fsp3) is 0.375. The average molecular weight is 517 g/mol. The third kappa shape index (κ3) is 8.10. The van der Waals surface area contributed by atoms with Gasteiger partial charge < -0.3 is 19.7 Å². The van der Waals surface area contributed by atoms with Crippen LogP contribution in [0.25, 0.3) is 0 Å². The first-order valence-electron chi connectivity index (χ1n) is 13.5. The van der Waals surface area contributed by atoms with Gasteiger partial charge in [0.2, 0.25) is 11.8 Å². The Hall–Kier alpha value is -3.80. The summed E-state index contributed by atoms with van der Waals surface area (Å²) >= 11 is 0. The Bertz CT molecular complexity index is 1180. The number of nitrogens with zero attached hydrogens (tertiary/aromatic N) is 1. The van der Waals surface area contributed by atoms with Gasteiger partial charge in [-0.1, -0.05) is 60.7 Å². The summed E-state index contributed by atoms with van der Waals surface area (Å²) in [5.74, 6) is 1.18. The molecule has 0 aliphatic carbocycles. The maximum Gasteiger partial charge on any atom is 0.243 e. The van der Waals surface area contributed by atoms with Crippen molar-refractivity contribution >= 4 is 11.8 Å². The number of carbonyl (C=O) groups excluding carboxylic acids is 2. The average Bonchev–Trinajstić information content (AvgIpc) is 2.92. The Labute approximate surface area is 227 Å². The molecule has 0 aliphatic rings. The number of ether oxygens (including phenoxy) is 2. The number of nitrogens with one attached hydrogen (secondary N) is 1.